The summed E-state index contributed by atoms with van der Waals surface area (Å²) in [5, 5.41) is 0. The molecule has 2 aliphatic heterocycles. The molecular formula is C18H28BNO3. The van der Waals surface area contributed by atoms with Crippen LogP contribution in [-0.2, 0) is 20.6 Å². The van der Waals surface area contributed by atoms with Gasteiger partial charge in [-0.3, -0.25) is 4.90 Å². The number of hydrogen-bond acceptors (Lipinski definition) is 4. The Balaban J connectivity index is 1.71. The monoisotopic (exact) mass is 317 g/mol. The van der Waals surface area contributed by atoms with E-state index >= 15 is 0 Å². The molecule has 0 aromatic heterocycles. The van der Waals surface area contributed by atoms with Crippen molar-refractivity contribution in [2.24, 2.45) is 0 Å². The molecule has 0 bridgehead atoms. The summed E-state index contributed by atoms with van der Waals surface area (Å²) >= 11 is 0. The average molecular weight is 317 g/mol. The fraction of sp³-hybridized carbons (Fsp3) is 0.667. The molecule has 23 heavy (non-hydrogen) atoms. The Labute approximate surface area is 140 Å². The van der Waals surface area contributed by atoms with Crippen LogP contribution in [0.25, 0.3) is 0 Å². The molecule has 1 aromatic rings. The van der Waals surface area contributed by atoms with Crippen LogP contribution in [0.5, 0.6) is 0 Å². The third-order valence-electron chi connectivity index (χ3n) is 5.21. The molecule has 1 aromatic carbocycles. The minimum absolute atomic E-state index is 0.288. The highest BCUT2D eigenvalue weighted by Gasteiger charge is 2.51. The smallest absolute Gasteiger partial charge is 0.399 e. The van der Waals surface area contributed by atoms with Crippen molar-refractivity contribution in [1.29, 1.82) is 0 Å². The molecule has 2 aliphatic rings. The van der Waals surface area contributed by atoms with Gasteiger partial charge in [0.05, 0.1) is 23.9 Å². The average Bonchev–Trinajstić information content (AvgIpc) is 2.68. The second-order valence-electron chi connectivity index (χ2n) is 7.75. The van der Waals surface area contributed by atoms with Crippen LogP contribution >= 0.6 is 0 Å². The summed E-state index contributed by atoms with van der Waals surface area (Å²) in [5.74, 6) is 0. The van der Waals surface area contributed by atoms with Gasteiger partial charge in [0.1, 0.15) is 0 Å². The fourth-order valence-corrected chi connectivity index (χ4v) is 3.11. The summed E-state index contributed by atoms with van der Waals surface area (Å²) in [5.41, 5.74) is 1.80. The van der Waals surface area contributed by atoms with Crippen LogP contribution in [0.3, 0.4) is 0 Å². The first kappa shape index (κ1) is 17.0. The van der Waals surface area contributed by atoms with Crippen LogP contribution in [0.1, 0.15) is 40.2 Å². The second-order valence-corrected chi connectivity index (χ2v) is 7.75. The van der Waals surface area contributed by atoms with Crippen molar-refractivity contribution in [2.45, 2.75) is 58.5 Å². The van der Waals surface area contributed by atoms with Gasteiger partial charge in [0.15, 0.2) is 0 Å². The number of nitrogens with zero attached hydrogens (tertiary/aromatic N) is 1. The van der Waals surface area contributed by atoms with E-state index in [1.165, 1.54) is 5.56 Å². The number of morpholine rings is 1. The van der Waals surface area contributed by atoms with Crippen molar-refractivity contribution in [3.63, 3.8) is 0 Å². The van der Waals surface area contributed by atoms with Gasteiger partial charge in [0.25, 0.3) is 0 Å². The Bertz CT molecular complexity index is 545. The maximum atomic E-state index is 6.16. The van der Waals surface area contributed by atoms with Crippen LogP contribution < -0.4 is 5.46 Å². The summed E-state index contributed by atoms with van der Waals surface area (Å²) in [7, 11) is -0.288. The highest BCUT2D eigenvalue weighted by Crippen LogP contribution is 2.36. The highest BCUT2D eigenvalue weighted by atomic mass is 16.7. The van der Waals surface area contributed by atoms with Gasteiger partial charge in [-0.2, -0.15) is 0 Å². The van der Waals surface area contributed by atoms with Gasteiger partial charge in [0, 0.05) is 19.6 Å². The number of rotatable bonds is 3. The fourth-order valence-electron chi connectivity index (χ4n) is 3.11. The molecule has 2 heterocycles. The Hall–Kier alpha value is -0.875. The summed E-state index contributed by atoms with van der Waals surface area (Å²) in [6.45, 7) is 14.2. The van der Waals surface area contributed by atoms with E-state index in [4.69, 9.17) is 14.0 Å². The standard InChI is InChI=1S/C18H28BNO3/c1-14-12-20(9-10-21-14)13-15-7-6-8-16(11-15)19-22-17(2,3)18(4,5)23-19/h6-8,11,14H,9-10,12-13H2,1-5H3. The van der Waals surface area contributed by atoms with Crippen LogP contribution in [-0.4, -0.2) is 49.0 Å². The second kappa shape index (κ2) is 6.21. The van der Waals surface area contributed by atoms with Crippen molar-refractivity contribution in [2.75, 3.05) is 19.7 Å². The molecule has 0 N–H and O–H groups in total. The van der Waals surface area contributed by atoms with E-state index in [0.717, 1.165) is 31.7 Å². The highest BCUT2D eigenvalue weighted by molar-refractivity contribution is 6.62. The predicted molar refractivity (Wildman–Crippen MR) is 92.8 cm³/mol. The van der Waals surface area contributed by atoms with Crippen LogP contribution in [0.4, 0.5) is 0 Å². The zero-order valence-electron chi connectivity index (χ0n) is 15.0. The van der Waals surface area contributed by atoms with E-state index in [1.807, 2.05) is 0 Å². The molecule has 0 amide bonds. The largest absolute Gasteiger partial charge is 0.494 e. The summed E-state index contributed by atoms with van der Waals surface area (Å²) < 4.78 is 17.9. The summed E-state index contributed by atoms with van der Waals surface area (Å²) in [4.78, 5) is 2.44. The molecule has 0 aliphatic carbocycles. The molecule has 5 heteroatoms. The molecule has 4 nitrogen and oxygen atoms in total. The molecule has 1 unspecified atom stereocenters. The van der Waals surface area contributed by atoms with Gasteiger partial charge in [-0.1, -0.05) is 24.3 Å². The molecule has 1 atom stereocenters. The van der Waals surface area contributed by atoms with Gasteiger partial charge in [-0.25, -0.2) is 0 Å². The van der Waals surface area contributed by atoms with Crippen LogP contribution in [0.2, 0.25) is 0 Å². The number of ether oxygens (including phenoxy) is 1. The quantitative estimate of drug-likeness (QED) is 0.800. The lowest BCUT2D eigenvalue weighted by molar-refractivity contribution is -0.0212. The molecule has 2 saturated heterocycles. The van der Waals surface area contributed by atoms with E-state index in [-0.39, 0.29) is 18.3 Å². The van der Waals surface area contributed by atoms with Gasteiger partial charge in [0.2, 0.25) is 0 Å². The third kappa shape index (κ3) is 3.63. The minimum Gasteiger partial charge on any atom is -0.399 e. The minimum atomic E-state index is -0.298. The molecular weight excluding hydrogens is 289 g/mol. The first-order chi connectivity index (χ1) is 10.8. The summed E-state index contributed by atoms with van der Waals surface area (Å²) in [6.07, 6.45) is 0.315. The third-order valence-corrected chi connectivity index (χ3v) is 5.21. The SMILES string of the molecule is CC1CN(Cc2cccc(B3OC(C)(C)C(C)(C)O3)c2)CCO1. The predicted octanol–water partition coefficient (Wildman–Crippen LogP) is 2.21. The van der Waals surface area contributed by atoms with Crippen molar-refractivity contribution in [3.8, 4) is 0 Å². The molecule has 0 spiro atoms. The zero-order chi connectivity index (χ0) is 16.7. The summed E-state index contributed by atoms with van der Waals surface area (Å²) in [6, 6.07) is 8.57. The molecule has 126 valence electrons. The van der Waals surface area contributed by atoms with Crippen LogP contribution in [0, 0.1) is 0 Å². The Kier molecular flexibility index (Phi) is 4.58. The van der Waals surface area contributed by atoms with Crippen molar-refractivity contribution < 1.29 is 14.0 Å². The first-order valence-electron chi connectivity index (χ1n) is 8.55. The molecule has 0 radical (unpaired) electrons. The molecule has 3 rings (SSSR count). The maximum absolute atomic E-state index is 6.16. The number of hydrogen-bond donors (Lipinski definition) is 0. The Morgan fingerprint density at radius 2 is 1.87 bits per heavy atom. The first-order valence-corrected chi connectivity index (χ1v) is 8.55. The normalized spacial score (nSPS) is 27.3. The molecule has 0 saturated carbocycles. The van der Waals surface area contributed by atoms with E-state index in [0.29, 0.717) is 6.10 Å². The topological polar surface area (TPSA) is 30.9 Å². The van der Waals surface area contributed by atoms with Gasteiger partial charge >= 0.3 is 7.12 Å². The lowest BCUT2D eigenvalue weighted by atomic mass is 9.78. The van der Waals surface area contributed by atoms with E-state index in [1.54, 1.807) is 0 Å². The van der Waals surface area contributed by atoms with Crippen LogP contribution in [0.15, 0.2) is 24.3 Å². The van der Waals surface area contributed by atoms with Crippen molar-refractivity contribution in [1.82, 2.24) is 4.90 Å². The zero-order valence-corrected chi connectivity index (χ0v) is 15.0. The Morgan fingerprint density at radius 3 is 2.52 bits per heavy atom. The van der Waals surface area contributed by atoms with E-state index < -0.39 is 0 Å². The number of benzene rings is 1. The van der Waals surface area contributed by atoms with Crippen molar-refractivity contribution >= 4 is 12.6 Å². The van der Waals surface area contributed by atoms with Crippen molar-refractivity contribution in [3.05, 3.63) is 29.8 Å². The van der Waals surface area contributed by atoms with Gasteiger partial charge in [-0.05, 0) is 45.6 Å². The lowest BCUT2D eigenvalue weighted by Gasteiger charge is -2.32. The maximum Gasteiger partial charge on any atom is 0.494 e. The lowest BCUT2D eigenvalue weighted by Crippen LogP contribution is -2.41. The van der Waals surface area contributed by atoms with E-state index in [2.05, 4.69) is 63.8 Å². The van der Waals surface area contributed by atoms with E-state index in [9.17, 15) is 0 Å². The Morgan fingerprint density at radius 1 is 1.17 bits per heavy atom. The molecule has 2 fully saturated rings. The van der Waals surface area contributed by atoms with Gasteiger partial charge in [-0.15, -0.1) is 0 Å². The van der Waals surface area contributed by atoms with Gasteiger partial charge < -0.3 is 14.0 Å².